The summed E-state index contributed by atoms with van der Waals surface area (Å²) >= 11 is 1.97. The molecule has 2 aromatic carbocycles. The van der Waals surface area contributed by atoms with Crippen LogP contribution in [0.1, 0.15) is 12.5 Å². The van der Waals surface area contributed by atoms with Gasteiger partial charge in [0, 0.05) is 5.75 Å². The lowest BCUT2D eigenvalue weighted by Gasteiger charge is -2.02. The van der Waals surface area contributed by atoms with E-state index < -0.39 is 0 Å². The summed E-state index contributed by atoms with van der Waals surface area (Å²) in [6, 6.07) is 15.2. The highest BCUT2D eigenvalue weighted by Crippen LogP contribution is 2.18. The highest BCUT2D eigenvalue weighted by molar-refractivity contribution is 7.98. The Balaban J connectivity index is 2.32. The molecule has 0 radical (unpaired) electrons. The van der Waals surface area contributed by atoms with Crippen LogP contribution in [-0.2, 0) is 5.75 Å². The van der Waals surface area contributed by atoms with Crippen LogP contribution in [-0.4, -0.2) is 5.75 Å². The van der Waals surface area contributed by atoms with Crippen molar-refractivity contribution in [3.8, 4) is 0 Å². The van der Waals surface area contributed by atoms with E-state index in [2.05, 4.69) is 49.4 Å². The molecule has 0 saturated carbocycles. The molecule has 0 aliphatic heterocycles. The highest BCUT2D eigenvalue weighted by atomic mass is 32.2. The summed E-state index contributed by atoms with van der Waals surface area (Å²) in [6.07, 6.45) is 0. The molecule has 72 valence electrons. The van der Waals surface area contributed by atoms with Gasteiger partial charge in [-0.05, 0) is 22.1 Å². The molecule has 0 aliphatic rings. The van der Waals surface area contributed by atoms with Crippen molar-refractivity contribution in [1.82, 2.24) is 0 Å². The minimum atomic E-state index is 1.13. The van der Waals surface area contributed by atoms with Crippen molar-refractivity contribution in [2.24, 2.45) is 0 Å². The third kappa shape index (κ3) is 2.10. The standard InChI is InChI=1S/C13H14S/c1-2-14-10-11-7-8-12-5-3-4-6-13(12)9-11/h3-9H,2,10H2,1H3. The first-order valence-corrected chi connectivity index (χ1v) is 6.11. The SMILES string of the molecule is CCSCc1ccc2ccccc2c1. The van der Waals surface area contributed by atoms with Crippen molar-refractivity contribution in [2.75, 3.05) is 5.75 Å². The molecule has 0 amide bonds. The third-order valence-electron chi connectivity index (χ3n) is 2.29. The van der Waals surface area contributed by atoms with Crippen LogP contribution >= 0.6 is 11.8 Å². The molecular weight excluding hydrogens is 188 g/mol. The molecule has 0 nitrogen and oxygen atoms in total. The lowest BCUT2D eigenvalue weighted by atomic mass is 10.1. The van der Waals surface area contributed by atoms with E-state index in [0.717, 1.165) is 5.75 Å². The lowest BCUT2D eigenvalue weighted by Crippen LogP contribution is -1.81. The molecule has 0 N–H and O–H groups in total. The molecule has 0 unspecified atom stereocenters. The van der Waals surface area contributed by atoms with Gasteiger partial charge in [0.2, 0.25) is 0 Å². The Labute approximate surface area is 89.3 Å². The van der Waals surface area contributed by atoms with Gasteiger partial charge in [-0.25, -0.2) is 0 Å². The molecule has 0 aliphatic carbocycles. The molecule has 2 aromatic rings. The number of hydrogen-bond acceptors (Lipinski definition) is 1. The van der Waals surface area contributed by atoms with Gasteiger partial charge in [0.05, 0.1) is 0 Å². The summed E-state index contributed by atoms with van der Waals surface area (Å²) in [5.41, 5.74) is 1.43. The summed E-state index contributed by atoms with van der Waals surface area (Å²) in [5, 5.41) is 2.68. The minimum Gasteiger partial charge on any atom is -0.157 e. The second kappa shape index (κ2) is 4.52. The largest absolute Gasteiger partial charge is 0.157 e. The van der Waals surface area contributed by atoms with E-state index in [-0.39, 0.29) is 0 Å². The number of fused-ring (bicyclic) bond motifs is 1. The van der Waals surface area contributed by atoms with Crippen molar-refractivity contribution < 1.29 is 0 Å². The van der Waals surface area contributed by atoms with E-state index in [0.29, 0.717) is 0 Å². The number of benzene rings is 2. The Kier molecular flexibility index (Phi) is 3.10. The quantitative estimate of drug-likeness (QED) is 0.722. The van der Waals surface area contributed by atoms with Crippen LogP contribution in [0.3, 0.4) is 0 Å². The molecule has 0 saturated heterocycles. The Bertz CT molecular complexity index is 420. The van der Waals surface area contributed by atoms with Crippen LogP contribution in [0.15, 0.2) is 42.5 Å². The Morgan fingerprint density at radius 1 is 1.00 bits per heavy atom. The second-order valence-corrected chi connectivity index (χ2v) is 4.59. The van der Waals surface area contributed by atoms with Crippen molar-refractivity contribution in [3.63, 3.8) is 0 Å². The predicted octanol–water partition coefficient (Wildman–Crippen LogP) is 4.09. The zero-order valence-electron chi connectivity index (χ0n) is 8.36. The van der Waals surface area contributed by atoms with Gasteiger partial charge >= 0.3 is 0 Å². The molecular formula is C13H14S. The summed E-state index contributed by atoms with van der Waals surface area (Å²) in [7, 11) is 0. The molecule has 0 atom stereocenters. The fraction of sp³-hybridized carbons (Fsp3) is 0.231. The van der Waals surface area contributed by atoms with E-state index in [9.17, 15) is 0 Å². The predicted molar refractivity (Wildman–Crippen MR) is 65.8 cm³/mol. The summed E-state index contributed by atoms with van der Waals surface area (Å²) in [5.74, 6) is 2.31. The fourth-order valence-corrected chi connectivity index (χ4v) is 2.17. The minimum absolute atomic E-state index is 1.13. The van der Waals surface area contributed by atoms with Gasteiger partial charge in [-0.15, -0.1) is 0 Å². The van der Waals surface area contributed by atoms with Crippen LogP contribution in [0.5, 0.6) is 0 Å². The maximum atomic E-state index is 2.29. The normalized spacial score (nSPS) is 10.6. The van der Waals surface area contributed by atoms with Gasteiger partial charge in [0.25, 0.3) is 0 Å². The molecule has 2 rings (SSSR count). The van der Waals surface area contributed by atoms with Crippen LogP contribution in [0.4, 0.5) is 0 Å². The van der Waals surface area contributed by atoms with Gasteiger partial charge in [0.1, 0.15) is 0 Å². The molecule has 0 heterocycles. The molecule has 1 heteroatoms. The maximum Gasteiger partial charge on any atom is 0.0184 e. The van der Waals surface area contributed by atoms with Crippen LogP contribution in [0.25, 0.3) is 10.8 Å². The van der Waals surface area contributed by atoms with Crippen LogP contribution in [0, 0.1) is 0 Å². The lowest BCUT2D eigenvalue weighted by molar-refractivity contribution is 1.41. The van der Waals surface area contributed by atoms with Gasteiger partial charge < -0.3 is 0 Å². The third-order valence-corrected chi connectivity index (χ3v) is 3.23. The highest BCUT2D eigenvalue weighted by Gasteiger charge is 1.95. The van der Waals surface area contributed by atoms with Crippen molar-refractivity contribution >= 4 is 22.5 Å². The average molecular weight is 202 g/mol. The number of rotatable bonds is 3. The van der Waals surface area contributed by atoms with E-state index in [4.69, 9.17) is 0 Å². The maximum absolute atomic E-state index is 2.29. The zero-order valence-corrected chi connectivity index (χ0v) is 9.18. The first kappa shape index (κ1) is 9.60. The molecule has 0 fully saturated rings. The summed E-state index contributed by atoms with van der Waals surface area (Å²) in [4.78, 5) is 0. The van der Waals surface area contributed by atoms with Crippen molar-refractivity contribution in [1.29, 1.82) is 0 Å². The number of thioether (sulfide) groups is 1. The Morgan fingerprint density at radius 3 is 2.57 bits per heavy atom. The van der Waals surface area contributed by atoms with Gasteiger partial charge in [-0.3, -0.25) is 0 Å². The van der Waals surface area contributed by atoms with Gasteiger partial charge in [-0.1, -0.05) is 49.4 Å². The molecule has 0 aromatic heterocycles. The van der Waals surface area contributed by atoms with E-state index in [1.165, 1.54) is 22.1 Å². The first-order valence-electron chi connectivity index (χ1n) is 4.95. The van der Waals surface area contributed by atoms with E-state index in [1.54, 1.807) is 0 Å². The van der Waals surface area contributed by atoms with Crippen LogP contribution in [0.2, 0.25) is 0 Å². The molecule has 0 spiro atoms. The van der Waals surface area contributed by atoms with Crippen molar-refractivity contribution in [3.05, 3.63) is 48.0 Å². The fourth-order valence-electron chi connectivity index (χ4n) is 1.55. The zero-order chi connectivity index (χ0) is 9.80. The van der Waals surface area contributed by atoms with E-state index >= 15 is 0 Å². The Hall–Kier alpha value is -0.950. The molecule has 14 heavy (non-hydrogen) atoms. The second-order valence-electron chi connectivity index (χ2n) is 3.32. The van der Waals surface area contributed by atoms with Gasteiger partial charge in [-0.2, -0.15) is 11.8 Å². The van der Waals surface area contributed by atoms with Crippen molar-refractivity contribution in [2.45, 2.75) is 12.7 Å². The van der Waals surface area contributed by atoms with E-state index in [1.807, 2.05) is 11.8 Å². The molecule has 0 bridgehead atoms. The average Bonchev–Trinajstić information content (AvgIpc) is 2.26. The first-order chi connectivity index (χ1) is 6.90. The topological polar surface area (TPSA) is 0 Å². The van der Waals surface area contributed by atoms with Gasteiger partial charge in [0.15, 0.2) is 0 Å². The van der Waals surface area contributed by atoms with Crippen LogP contribution < -0.4 is 0 Å². The summed E-state index contributed by atoms with van der Waals surface area (Å²) in [6.45, 7) is 2.20. The smallest absolute Gasteiger partial charge is 0.0184 e. The Morgan fingerprint density at radius 2 is 1.79 bits per heavy atom. The summed E-state index contributed by atoms with van der Waals surface area (Å²) < 4.78 is 0. The monoisotopic (exact) mass is 202 g/mol. The number of hydrogen-bond donors (Lipinski definition) is 0.